The number of hydrogen-bond acceptors (Lipinski definition) is 2. The Morgan fingerprint density at radius 2 is 1.70 bits per heavy atom. The molecule has 1 fully saturated rings. The number of rotatable bonds is 3. The number of carbonyl (C=O) groups excluding carboxylic acids is 1. The average molecular weight is 268 g/mol. The molecule has 0 bridgehead atoms. The van der Waals surface area contributed by atoms with E-state index >= 15 is 0 Å². The van der Waals surface area contributed by atoms with Crippen molar-refractivity contribution in [3.63, 3.8) is 0 Å². The summed E-state index contributed by atoms with van der Waals surface area (Å²) in [6, 6.07) is 11.9. The first kappa shape index (κ1) is 13.2. The average Bonchev–Trinajstić information content (AvgIpc) is 2.54. The van der Waals surface area contributed by atoms with Crippen LogP contribution in [0.2, 0.25) is 0 Å². The third-order valence-electron chi connectivity index (χ3n) is 4.35. The summed E-state index contributed by atoms with van der Waals surface area (Å²) in [6.45, 7) is 0. The van der Waals surface area contributed by atoms with Gasteiger partial charge in [0.1, 0.15) is 5.75 Å². The second-order valence-electron chi connectivity index (χ2n) is 5.56. The van der Waals surface area contributed by atoms with Gasteiger partial charge < -0.3 is 4.74 Å². The van der Waals surface area contributed by atoms with Gasteiger partial charge in [0, 0.05) is 16.9 Å². The van der Waals surface area contributed by atoms with Gasteiger partial charge in [0.05, 0.1) is 7.11 Å². The van der Waals surface area contributed by atoms with Crippen molar-refractivity contribution in [3.05, 3.63) is 42.0 Å². The van der Waals surface area contributed by atoms with E-state index in [2.05, 4.69) is 0 Å². The van der Waals surface area contributed by atoms with Crippen LogP contribution in [0.15, 0.2) is 36.4 Å². The van der Waals surface area contributed by atoms with Gasteiger partial charge in [-0.3, -0.25) is 4.79 Å². The third kappa shape index (κ3) is 2.31. The third-order valence-corrected chi connectivity index (χ3v) is 4.35. The van der Waals surface area contributed by atoms with Crippen LogP contribution in [0.3, 0.4) is 0 Å². The van der Waals surface area contributed by atoms with Crippen molar-refractivity contribution >= 4 is 16.6 Å². The molecule has 2 aromatic rings. The summed E-state index contributed by atoms with van der Waals surface area (Å²) in [5.41, 5.74) is 0.855. The van der Waals surface area contributed by atoms with Crippen LogP contribution < -0.4 is 4.74 Å². The maximum absolute atomic E-state index is 12.8. The van der Waals surface area contributed by atoms with Gasteiger partial charge in [-0.15, -0.1) is 0 Å². The first-order valence-corrected chi connectivity index (χ1v) is 7.41. The Kier molecular flexibility index (Phi) is 3.72. The number of fused-ring (bicyclic) bond motifs is 1. The Hall–Kier alpha value is -1.83. The van der Waals surface area contributed by atoms with E-state index in [1.807, 2.05) is 36.4 Å². The molecule has 1 saturated carbocycles. The van der Waals surface area contributed by atoms with Gasteiger partial charge >= 0.3 is 0 Å². The normalized spacial score (nSPS) is 16.2. The predicted octanol–water partition coefficient (Wildman–Crippen LogP) is 4.61. The second-order valence-corrected chi connectivity index (χ2v) is 5.56. The molecule has 0 atom stereocenters. The quantitative estimate of drug-likeness (QED) is 0.760. The van der Waals surface area contributed by atoms with Gasteiger partial charge in [-0.25, -0.2) is 0 Å². The van der Waals surface area contributed by atoms with Crippen molar-refractivity contribution in [2.45, 2.75) is 32.1 Å². The van der Waals surface area contributed by atoms with E-state index in [9.17, 15) is 4.79 Å². The van der Waals surface area contributed by atoms with Crippen LogP contribution in [0.25, 0.3) is 10.8 Å². The van der Waals surface area contributed by atoms with Crippen LogP contribution >= 0.6 is 0 Å². The Morgan fingerprint density at radius 1 is 1.00 bits per heavy atom. The van der Waals surface area contributed by atoms with Gasteiger partial charge in [0.25, 0.3) is 0 Å². The van der Waals surface area contributed by atoms with Crippen LogP contribution in [0.4, 0.5) is 0 Å². The summed E-state index contributed by atoms with van der Waals surface area (Å²) in [5, 5.41) is 2.04. The molecule has 0 saturated heterocycles. The molecule has 2 heteroatoms. The molecule has 0 N–H and O–H groups in total. The molecule has 0 aliphatic heterocycles. The van der Waals surface area contributed by atoms with Gasteiger partial charge in [-0.05, 0) is 30.4 Å². The summed E-state index contributed by atoms with van der Waals surface area (Å²) in [4.78, 5) is 12.8. The van der Waals surface area contributed by atoms with Crippen molar-refractivity contribution in [2.24, 2.45) is 5.92 Å². The minimum Gasteiger partial charge on any atom is -0.496 e. The fraction of sp³-hybridized carbons (Fsp3) is 0.389. The number of carbonyl (C=O) groups is 1. The molecule has 0 spiro atoms. The van der Waals surface area contributed by atoms with Gasteiger partial charge in [0.15, 0.2) is 5.78 Å². The second kappa shape index (κ2) is 5.66. The fourth-order valence-electron chi connectivity index (χ4n) is 3.25. The van der Waals surface area contributed by atoms with Crippen LogP contribution in [0, 0.1) is 5.92 Å². The minimum absolute atomic E-state index is 0.209. The van der Waals surface area contributed by atoms with Crippen LogP contribution in [-0.4, -0.2) is 12.9 Å². The first-order valence-electron chi connectivity index (χ1n) is 7.41. The van der Waals surface area contributed by atoms with E-state index in [-0.39, 0.29) is 5.92 Å². The number of hydrogen-bond donors (Lipinski definition) is 0. The zero-order valence-electron chi connectivity index (χ0n) is 11.9. The van der Waals surface area contributed by atoms with Gasteiger partial charge in [0.2, 0.25) is 0 Å². The van der Waals surface area contributed by atoms with E-state index in [1.54, 1.807) is 7.11 Å². The minimum atomic E-state index is 0.209. The molecular weight excluding hydrogens is 248 g/mol. The van der Waals surface area contributed by atoms with E-state index in [4.69, 9.17) is 4.74 Å². The van der Waals surface area contributed by atoms with Crippen molar-refractivity contribution in [3.8, 4) is 5.75 Å². The first-order chi connectivity index (χ1) is 9.81. The van der Waals surface area contributed by atoms with Crippen molar-refractivity contribution < 1.29 is 9.53 Å². The molecule has 0 radical (unpaired) electrons. The van der Waals surface area contributed by atoms with E-state index in [0.29, 0.717) is 5.78 Å². The van der Waals surface area contributed by atoms with Gasteiger partial charge in [-0.2, -0.15) is 0 Å². The summed E-state index contributed by atoms with van der Waals surface area (Å²) < 4.78 is 5.40. The van der Waals surface area contributed by atoms with Crippen LogP contribution in [-0.2, 0) is 0 Å². The molecule has 0 amide bonds. The molecule has 2 aromatic carbocycles. The largest absolute Gasteiger partial charge is 0.496 e. The zero-order chi connectivity index (χ0) is 13.9. The van der Waals surface area contributed by atoms with Crippen LogP contribution in [0.1, 0.15) is 42.5 Å². The summed E-state index contributed by atoms with van der Waals surface area (Å²) >= 11 is 0. The SMILES string of the molecule is COc1ccc(C(=O)C2CCCCC2)c2ccccc12. The molecule has 2 nitrogen and oxygen atoms in total. The topological polar surface area (TPSA) is 26.3 Å². The smallest absolute Gasteiger partial charge is 0.166 e. The Morgan fingerprint density at radius 3 is 2.40 bits per heavy atom. The maximum Gasteiger partial charge on any atom is 0.166 e. The highest BCUT2D eigenvalue weighted by atomic mass is 16.5. The maximum atomic E-state index is 12.8. The number of methoxy groups -OCH3 is 1. The molecule has 0 aromatic heterocycles. The molecule has 0 heterocycles. The van der Waals surface area contributed by atoms with Crippen LogP contribution in [0.5, 0.6) is 5.75 Å². The molecular formula is C18H20O2. The number of ketones is 1. The lowest BCUT2D eigenvalue weighted by atomic mass is 9.83. The Balaban J connectivity index is 2.05. The van der Waals surface area contributed by atoms with Crippen molar-refractivity contribution in [2.75, 3.05) is 7.11 Å². The highest BCUT2D eigenvalue weighted by Gasteiger charge is 2.24. The molecule has 0 unspecified atom stereocenters. The van der Waals surface area contributed by atoms with Crippen molar-refractivity contribution in [1.29, 1.82) is 0 Å². The van der Waals surface area contributed by atoms with Crippen molar-refractivity contribution in [1.82, 2.24) is 0 Å². The Bertz CT molecular complexity index is 624. The summed E-state index contributed by atoms with van der Waals surface area (Å²) in [7, 11) is 1.67. The number of Topliss-reactive ketones (excluding diaryl/α,β-unsaturated/α-hetero) is 1. The standard InChI is InChI=1S/C18H20O2/c1-20-17-12-11-16(14-9-5-6-10-15(14)17)18(19)13-7-3-2-4-8-13/h5-6,9-13H,2-4,7-8H2,1H3. The van der Waals surface area contributed by atoms with E-state index in [0.717, 1.165) is 34.9 Å². The monoisotopic (exact) mass is 268 g/mol. The molecule has 104 valence electrons. The predicted molar refractivity (Wildman–Crippen MR) is 81.4 cm³/mol. The lowest BCUT2D eigenvalue weighted by Gasteiger charge is -2.21. The zero-order valence-corrected chi connectivity index (χ0v) is 11.9. The summed E-state index contributed by atoms with van der Waals surface area (Å²) in [6.07, 6.45) is 5.72. The number of ether oxygens (including phenoxy) is 1. The fourth-order valence-corrected chi connectivity index (χ4v) is 3.25. The summed E-state index contributed by atoms with van der Waals surface area (Å²) in [5.74, 6) is 1.35. The molecule has 20 heavy (non-hydrogen) atoms. The van der Waals surface area contributed by atoms with Gasteiger partial charge in [-0.1, -0.05) is 43.5 Å². The molecule has 1 aliphatic rings. The molecule has 3 rings (SSSR count). The number of benzene rings is 2. The lowest BCUT2D eigenvalue weighted by Crippen LogP contribution is -2.18. The highest BCUT2D eigenvalue weighted by molar-refractivity contribution is 6.10. The highest BCUT2D eigenvalue weighted by Crippen LogP contribution is 2.33. The van der Waals surface area contributed by atoms with E-state index in [1.165, 1.54) is 19.3 Å². The Labute approximate surface area is 119 Å². The molecule has 1 aliphatic carbocycles. The lowest BCUT2D eigenvalue weighted by molar-refractivity contribution is 0.0891. The van der Waals surface area contributed by atoms with E-state index < -0.39 is 0 Å².